The number of para-hydroxylation sites is 2. The van der Waals surface area contributed by atoms with E-state index in [0.29, 0.717) is 31.1 Å². The summed E-state index contributed by atoms with van der Waals surface area (Å²) in [5.41, 5.74) is 5.71. The van der Waals surface area contributed by atoms with Gasteiger partial charge in [0.05, 0.1) is 37.7 Å². The number of carbonyl (C=O) groups is 1. The predicted octanol–water partition coefficient (Wildman–Crippen LogP) is 6.47. The summed E-state index contributed by atoms with van der Waals surface area (Å²) in [6, 6.07) is 21.7. The van der Waals surface area contributed by atoms with Crippen LogP contribution in [0.2, 0.25) is 0 Å². The average Bonchev–Trinajstić information content (AvgIpc) is 3.07. The van der Waals surface area contributed by atoms with Crippen molar-refractivity contribution < 1.29 is 19.0 Å². The molecule has 1 aliphatic carbocycles. The van der Waals surface area contributed by atoms with Gasteiger partial charge in [0.2, 0.25) is 0 Å². The van der Waals surface area contributed by atoms with Crippen LogP contribution in [0.25, 0.3) is 0 Å². The second-order valence-corrected chi connectivity index (χ2v) is 9.02. The number of Topliss-reactive ketones (excluding diaryl/α,β-unsaturated/α-hetero) is 1. The molecule has 0 saturated carbocycles. The molecule has 2 aliphatic rings. The van der Waals surface area contributed by atoms with Crippen LogP contribution in [0.15, 0.2) is 78.0 Å². The Bertz CT molecular complexity index is 1300. The molecular weight excluding hydrogens is 452 g/mol. The highest BCUT2D eigenvalue weighted by Gasteiger charge is 2.36. The van der Waals surface area contributed by atoms with Gasteiger partial charge < -0.3 is 24.8 Å². The molecule has 6 nitrogen and oxygen atoms in total. The van der Waals surface area contributed by atoms with E-state index >= 15 is 0 Å². The third-order valence-corrected chi connectivity index (χ3v) is 6.77. The summed E-state index contributed by atoms with van der Waals surface area (Å²) in [5.74, 6) is 2.40. The molecule has 1 heterocycles. The molecule has 6 heteroatoms. The van der Waals surface area contributed by atoms with Crippen molar-refractivity contribution in [2.45, 2.75) is 38.6 Å². The van der Waals surface area contributed by atoms with E-state index in [1.807, 2.05) is 74.5 Å². The molecule has 0 amide bonds. The number of hydrogen-bond acceptors (Lipinski definition) is 6. The first-order valence-electron chi connectivity index (χ1n) is 12.5. The van der Waals surface area contributed by atoms with Gasteiger partial charge in [-0.1, -0.05) is 30.3 Å². The molecule has 0 spiro atoms. The molecule has 186 valence electrons. The Morgan fingerprint density at radius 3 is 2.39 bits per heavy atom. The van der Waals surface area contributed by atoms with Crippen LogP contribution < -0.4 is 24.8 Å². The lowest BCUT2D eigenvalue weighted by Gasteiger charge is -2.30. The Morgan fingerprint density at radius 1 is 0.833 bits per heavy atom. The van der Waals surface area contributed by atoms with Crippen molar-refractivity contribution >= 4 is 17.2 Å². The van der Waals surface area contributed by atoms with Gasteiger partial charge in [-0.2, -0.15) is 0 Å². The van der Waals surface area contributed by atoms with Crippen molar-refractivity contribution in [2.24, 2.45) is 0 Å². The SMILES string of the molecule is CCOc1ccc(C2Nc3ccccc3NC3=C2C(=O)CC(c2cccc(OC)c2)C3)cc1OCC. The second-order valence-electron chi connectivity index (χ2n) is 9.02. The van der Waals surface area contributed by atoms with E-state index < -0.39 is 0 Å². The van der Waals surface area contributed by atoms with Gasteiger partial charge in [-0.05, 0) is 73.7 Å². The third-order valence-electron chi connectivity index (χ3n) is 6.77. The van der Waals surface area contributed by atoms with Crippen molar-refractivity contribution in [3.63, 3.8) is 0 Å². The van der Waals surface area contributed by atoms with E-state index in [9.17, 15) is 4.79 Å². The van der Waals surface area contributed by atoms with E-state index in [4.69, 9.17) is 14.2 Å². The summed E-state index contributed by atoms with van der Waals surface area (Å²) in [6.07, 6.45) is 1.17. The molecule has 0 fully saturated rings. The number of anilines is 2. The molecular formula is C30H32N2O4. The highest BCUT2D eigenvalue weighted by Crippen LogP contribution is 2.45. The summed E-state index contributed by atoms with van der Waals surface area (Å²) in [7, 11) is 1.67. The van der Waals surface area contributed by atoms with E-state index in [1.165, 1.54) is 0 Å². The number of ether oxygens (including phenoxy) is 3. The minimum atomic E-state index is -0.315. The van der Waals surface area contributed by atoms with Crippen LogP contribution in [0.4, 0.5) is 11.4 Å². The summed E-state index contributed by atoms with van der Waals surface area (Å²) >= 11 is 0. The van der Waals surface area contributed by atoms with Crippen molar-refractivity contribution in [2.75, 3.05) is 31.0 Å². The van der Waals surface area contributed by atoms with E-state index in [-0.39, 0.29) is 17.7 Å². The molecule has 2 unspecified atom stereocenters. The molecule has 36 heavy (non-hydrogen) atoms. The first kappa shape index (κ1) is 23.8. The molecule has 2 atom stereocenters. The van der Waals surface area contributed by atoms with Crippen LogP contribution in [0.5, 0.6) is 17.2 Å². The maximum atomic E-state index is 13.8. The summed E-state index contributed by atoms with van der Waals surface area (Å²) in [4.78, 5) is 13.8. The number of methoxy groups -OCH3 is 1. The maximum Gasteiger partial charge on any atom is 0.163 e. The molecule has 5 rings (SSSR count). The molecule has 0 radical (unpaired) electrons. The van der Waals surface area contributed by atoms with Gasteiger partial charge in [0.15, 0.2) is 17.3 Å². The van der Waals surface area contributed by atoms with E-state index in [1.54, 1.807) is 7.11 Å². The lowest BCUT2D eigenvalue weighted by molar-refractivity contribution is -0.116. The van der Waals surface area contributed by atoms with E-state index in [0.717, 1.165) is 45.9 Å². The quantitative estimate of drug-likeness (QED) is 0.400. The number of allylic oxidation sites excluding steroid dienone is 1. The molecule has 1 aliphatic heterocycles. The molecule has 3 aromatic rings. The van der Waals surface area contributed by atoms with Gasteiger partial charge in [-0.25, -0.2) is 0 Å². The summed E-state index contributed by atoms with van der Waals surface area (Å²) in [5, 5.41) is 7.24. The van der Waals surface area contributed by atoms with Gasteiger partial charge in [0.1, 0.15) is 5.75 Å². The first-order chi connectivity index (χ1) is 17.6. The van der Waals surface area contributed by atoms with Crippen molar-refractivity contribution in [1.82, 2.24) is 0 Å². The lowest BCUT2D eigenvalue weighted by atomic mass is 9.78. The summed E-state index contributed by atoms with van der Waals surface area (Å²) in [6.45, 7) is 4.99. The van der Waals surface area contributed by atoms with Gasteiger partial charge in [0, 0.05) is 17.7 Å². The fourth-order valence-electron chi connectivity index (χ4n) is 5.12. The fourth-order valence-corrected chi connectivity index (χ4v) is 5.12. The van der Waals surface area contributed by atoms with Gasteiger partial charge in [0.25, 0.3) is 0 Å². The molecule has 0 saturated heterocycles. The topological polar surface area (TPSA) is 68.8 Å². The molecule has 0 aromatic heterocycles. The number of nitrogens with one attached hydrogen (secondary N) is 2. The van der Waals surface area contributed by atoms with Crippen molar-refractivity contribution in [3.8, 4) is 17.2 Å². The van der Waals surface area contributed by atoms with Crippen LogP contribution in [0, 0.1) is 0 Å². The zero-order valence-corrected chi connectivity index (χ0v) is 21.0. The smallest absolute Gasteiger partial charge is 0.163 e. The zero-order valence-electron chi connectivity index (χ0n) is 21.0. The fraction of sp³-hybridized carbons (Fsp3) is 0.300. The third kappa shape index (κ3) is 4.63. The first-order valence-corrected chi connectivity index (χ1v) is 12.5. The van der Waals surface area contributed by atoms with Crippen LogP contribution in [0.1, 0.15) is 49.8 Å². The van der Waals surface area contributed by atoms with E-state index in [2.05, 4.69) is 16.7 Å². The highest BCUT2D eigenvalue weighted by molar-refractivity contribution is 6.01. The molecule has 3 aromatic carbocycles. The Labute approximate surface area is 212 Å². The normalized spacial score (nSPS) is 18.8. The van der Waals surface area contributed by atoms with Gasteiger partial charge in [-0.3, -0.25) is 4.79 Å². The monoisotopic (exact) mass is 484 g/mol. The Morgan fingerprint density at radius 2 is 1.61 bits per heavy atom. The van der Waals surface area contributed by atoms with Crippen LogP contribution in [0.3, 0.4) is 0 Å². The Balaban J connectivity index is 1.59. The summed E-state index contributed by atoms with van der Waals surface area (Å²) < 4.78 is 17.1. The number of carbonyl (C=O) groups excluding carboxylic acids is 1. The average molecular weight is 485 g/mol. The Kier molecular flexibility index (Phi) is 6.85. The largest absolute Gasteiger partial charge is 0.497 e. The number of benzene rings is 3. The van der Waals surface area contributed by atoms with Crippen LogP contribution >= 0.6 is 0 Å². The Hall–Kier alpha value is -3.93. The van der Waals surface area contributed by atoms with Gasteiger partial charge in [-0.15, -0.1) is 0 Å². The predicted molar refractivity (Wildman–Crippen MR) is 142 cm³/mol. The number of ketones is 1. The number of hydrogen-bond donors (Lipinski definition) is 2. The minimum Gasteiger partial charge on any atom is -0.497 e. The molecule has 2 N–H and O–H groups in total. The molecule has 0 bridgehead atoms. The van der Waals surface area contributed by atoms with Crippen molar-refractivity contribution in [3.05, 3.63) is 89.1 Å². The van der Waals surface area contributed by atoms with Crippen LogP contribution in [-0.2, 0) is 4.79 Å². The zero-order chi connectivity index (χ0) is 25.1. The van der Waals surface area contributed by atoms with Crippen LogP contribution in [-0.4, -0.2) is 26.1 Å². The lowest BCUT2D eigenvalue weighted by Crippen LogP contribution is -2.27. The number of rotatable bonds is 7. The second kappa shape index (κ2) is 10.4. The highest BCUT2D eigenvalue weighted by atomic mass is 16.5. The van der Waals surface area contributed by atoms with Gasteiger partial charge >= 0.3 is 0 Å². The standard InChI is InChI=1S/C30H32N2O4/c1-4-35-27-14-13-20(18-28(27)36-5-2)30-29-25(31-23-11-6-7-12-24(23)32-30)16-21(17-26(29)33)19-9-8-10-22(15-19)34-3/h6-15,18,21,30-32H,4-5,16-17H2,1-3H3. The minimum absolute atomic E-state index is 0.0732. The maximum absolute atomic E-state index is 13.8. The van der Waals surface area contributed by atoms with Crippen molar-refractivity contribution in [1.29, 1.82) is 0 Å². The number of fused-ring (bicyclic) bond motifs is 1.